The van der Waals surface area contributed by atoms with Gasteiger partial charge in [-0.1, -0.05) is 0 Å². The summed E-state index contributed by atoms with van der Waals surface area (Å²) in [4.78, 5) is 28.4. The van der Waals surface area contributed by atoms with E-state index in [1.165, 1.54) is 12.1 Å². The maximum atomic E-state index is 13.8. The highest BCUT2D eigenvalue weighted by Gasteiger charge is 2.42. The number of aliphatic carboxylic acids is 1. The number of aliphatic hydroxyl groups excluding tert-OH is 2. The van der Waals surface area contributed by atoms with E-state index in [4.69, 9.17) is 4.74 Å². The van der Waals surface area contributed by atoms with E-state index in [0.29, 0.717) is 18.7 Å². The summed E-state index contributed by atoms with van der Waals surface area (Å²) < 4.78 is 19.7. The fraction of sp³-hybridized carbons (Fsp3) is 0.667. The van der Waals surface area contributed by atoms with Crippen molar-refractivity contribution >= 4 is 17.6 Å². The Hall–Kier alpha value is -2.43. The van der Waals surface area contributed by atoms with E-state index in [9.17, 15) is 29.3 Å². The van der Waals surface area contributed by atoms with Crippen molar-refractivity contribution in [1.82, 2.24) is 10.2 Å². The number of carbonyl (C=O) groups excluding carboxylic acids is 1. The number of carboxylic acid groups (broad SMARTS) is 1. The number of carbonyl (C=O) groups is 2. The maximum Gasteiger partial charge on any atom is 0.307 e. The van der Waals surface area contributed by atoms with E-state index >= 15 is 0 Å². The van der Waals surface area contributed by atoms with E-state index in [2.05, 4.69) is 15.1 Å². The van der Waals surface area contributed by atoms with Crippen LogP contribution in [0.1, 0.15) is 33.1 Å². The number of halogens is 1. The minimum atomic E-state index is -1.13. The van der Waals surface area contributed by atoms with Crippen LogP contribution in [0.4, 0.5) is 10.1 Å². The number of ether oxygens (including phenoxy) is 1. The first-order valence-corrected chi connectivity index (χ1v) is 12.0. The van der Waals surface area contributed by atoms with Crippen molar-refractivity contribution in [3.8, 4) is 5.75 Å². The summed E-state index contributed by atoms with van der Waals surface area (Å²) in [5.41, 5.74) is 0.758. The third-order valence-electron chi connectivity index (χ3n) is 6.52. The lowest BCUT2D eigenvalue weighted by Crippen LogP contribution is -2.49. The van der Waals surface area contributed by atoms with Crippen LogP contribution in [-0.4, -0.2) is 89.7 Å². The topological polar surface area (TPSA) is 123 Å². The molecule has 1 aromatic rings. The molecule has 190 valence electrons. The molecule has 4 atom stereocenters. The van der Waals surface area contributed by atoms with Gasteiger partial charge in [0.05, 0.1) is 35.8 Å². The number of nitrogens with zero attached hydrogens (tertiary/aromatic N) is 2. The maximum absolute atomic E-state index is 13.8. The van der Waals surface area contributed by atoms with Crippen molar-refractivity contribution in [1.29, 1.82) is 0 Å². The number of amides is 1. The molecular weight excluding hydrogens is 445 g/mol. The molecule has 2 aliphatic rings. The molecule has 1 heterocycles. The number of nitrogens with one attached hydrogen (secondary N) is 1. The largest absolute Gasteiger partial charge is 0.489 e. The van der Waals surface area contributed by atoms with Gasteiger partial charge in [0.2, 0.25) is 5.91 Å². The van der Waals surface area contributed by atoms with E-state index in [1.807, 2.05) is 13.8 Å². The average molecular weight is 482 g/mol. The summed E-state index contributed by atoms with van der Waals surface area (Å²) in [7, 11) is 0. The van der Waals surface area contributed by atoms with Crippen LogP contribution in [0.5, 0.6) is 5.75 Å². The normalized spacial score (nSPS) is 25.9. The van der Waals surface area contributed by atoms with Gasteiger partial charge >= 0.3 is 5.97 Å². The molecular formula is C24H36FN3O6. The number of hydrogen-bond acceptors (Lipinski definition) is 7. The van der Waals surface area contributed by atoms with Gasteiger partial charge in [-0.05, 0) is 51.8 Å². The lowest BCUT2D eigenvalue weighted by atomic mass is 9.76. The Bertz CT molecular complexity index is 846. The van der Waals surface area contributed by atoms with Gasteiger partial charge in [0, 0.05) is 38.8 Å². The van der Waals surface area contributed by atoms with Crippen molar-refractivity contribution in [3.63, 3.8) is 0 Å². The number of piperazine rings is 1. The minimum absolute atomic E-state index is 0.00608. The second-order valence-corrected chi connectivity index (χ2v) is 9.41. The molecule has 9 nitrogen and oxygen atoms in total. The molecule has 0 bridgehead atoms. The van der Waals surface area contributed by atoms with Gasteiger partial charge in [-0.15, -0.1) is 0 Å². The second kappa shape index (κ2) is 11.8. The predicted molar refractivity (Wildman–Crippen MR) is 124 cm³/mol. The van der Waals surface area contributed by atoms with Crippen LogP contribution >= 0.6 is 0 Å². The molecule has 3 rings (SSSR count). The summed E-state index contributed by atoms with van der Waals surface area (Å²) in [6.07, 6.45) is -1.71. The Morgan fingerprint density at radius 1 is 1.12 bits per heavy atom. The van der Waals surface area contributed by atoms with Crippen molar-refractivity contribution in [3.05, 3.63) is 24.0 Å². The van der Waals surface area contributed by atoms with Gasteiger partial charge in [0.15, 0.2) is 0 Å². The van der Waals surface area contributed by atoms with Gasteiger partial charge in [-0.25, -0.2) is 4.39 Å². The van der Waals surface area contributed by atoms with Gasteiger partial charge in [0.1, 0.15) is 11.6 Å². The average Bonchev–Trinajstić information content (AvgIpc) is 2.79. The predicted octanol–water partition coefficient (Wildman–Crippen LogP) is 1.07. The van der Waals surface area contributed by atoms with Crippen LogP contribution in [0.2, 0.25) is 0 Å². The lowest BCUT2D eigenvalue weighted by Gasteiger charge is -2.37. The first kappa shape index (κ1) is 26.2. The van der Waals surface area contributed by atoms with Crippen molar-refractivity contribution in [2.24, 2.45) is 11.8 Å². The molecule has 0 spiro atoms. The quantitative estimate of drug-likeness (QED) is 0.387. The summed E-state index contributed by atoms with van der Waals surface area (Å²) >= 11 is 0. The molecule has 1 aromatic carbocycles. The third-order valence-corrected chi connectivity index (χ3v) is 6.52. The fourth-order valence-electron chi connectivity index (χ4n) is 4.67. The first-order chi connectivity index (χ1) is 16.2. The number of benzene rings is 1. The van der Waals surface area contributed by atoms with Crippen LogP contribution in [0.3, 0.4) is 0 Å². The Morgan fingerprint density at radius 2 is 1.76 bits per heavy atom. The van der Waals surface area contributed by atoms with E-state index < -0.39 is 35.9 Å². The smallest absolute Gasteiger partial charge is 0.307 e. The Balaban J connectivity index is 1.43. The second-order valence-electron chi connectivity index (χ2n) is 9.41. The first-order valence-electron chi connectivity index (χ1n) is 12.0. The van der Waals surface area contributed by atoms with Crippen LogP contribution < -0.4 is 15.0 Å². The van der Waals surface area contributed by atoms with E-state index in [1.54, 1.807) is 6.07 Å². The third kappa shape index (κ3) is 6.80. The van der Waals surface area contributed by atoms with Gasteiger partial charge < -0.3 is 30.3 Å². The zero-order valence-corrected chi connectivity index (χ0v) is 19.8. The molecule has 4 unspecified atom stereocenters. The number of carboxylic acids is 1. The molecule has 4 N–H and O–H groups in total. The van der Waals surface area contributed by atoms with Gasteiger partial charge in [0.25, 0.3) is 0 Å². The van der Waals surface area contributed by atoms with Crippen molar-refractivity contribution in [2.45, 2.75) is 51.4 Å². The standard InChI is InChI=1S/C24H36FN3O6/c1-15(2)34-22-5-4-16(25)12-19(22)28-10-8-27(9-11-28)7-3-6-26-23(31)17-13-20(29)21(30)14-18(17)24(32)33/h4-5,12,15,17-18,20-21,29-30H,3,6-11,13-14H2,1-2H3,(H,26,31)(H,32,33). The molecule has 2 fully saturated rings. The number of rotatable bonds is 9. The van der Waals surface area contributed by atoms with Crippen molar-refractivity contribution in [2.75, 3.05) is 44.2 Å². The monoisotopic (exact) mass is 481 g/mol. The van der Waals surface area contributed by atoms with Crippen molar-refractivity contribution < 1.29 is 34.0 Å². The molecule has 0 radical (unpaired) electrons. The highest BCUT2D eigenvalue weighted by molar-refractivity contribution is 5.85. The number of aliphatic hydroxyl groups is 2. The zero-order chi connectivity index (χ0) is 24.8. The fourth-order valence-corrected chi connectivity index (χ4v) is 4.67. The zero-order valence-electron chi connectivity index (χ0n) is 19.8. The molecule has 1 amide bonds. The molecule has 10 heteroatoms. The summed E-state index contributed by atoms with van der Waals surface area (Å²) in [5, 5.41) is 31.7. The lowest BCUT2D eigenvalue weighted by molar-refractivity contribution is -0.155. The molecule has 0 aromatic heterocycles. The Morgan fingerprint density at radius 3 is 2.38 bits per heavy atom. The van der Waals surface area contributed by atoms with Crippen LogP contribution in [0.25, 0.3) is 0 Å². The number of hydrogen-bond donors (Lipinski definition) is 4. The number of anilines is 1. The van der Waals surface area contributed by atoms with Gasteiger partial charge in [-0.2, -0.15) is 0 Å². The summed E-state index contributed by atoms with van der Waals surface area (Å²) in [5.74, 6) is -3.01. The summed E-state index contributed by atoms with van der Waals surface area (Å²) in [6, 6.07) is 4.58. The highest BCUT2D eigenvalue weighted by atomic mass is 19.1. The highest BCUT2D eigenvalue weighted by Crippen LogP contribution is 2.32. The van der Waals surface area contributed by atoms with E-state index in [-0.39, 0.29) is 24.8 Å². The Labute approximate surface area is 199 Å². The van der Waals surface area contributed by atoms with Crippen LogP contribution in [-0.2, 0) is 9.59 Å². The minimum Gasteiger partial charge on any atom is -0.489 e. The Kier molecular flexibility index (Phi) is 9.10. The SMILES string of the molecule is CC(C)Oc1ccc(F)cc1N1CCN(CCCNC(=O)C2CC(O)C(O)CC2C(=O)O)CC1. The molecule has 34 heavy (non-hydrogen) atoms. The molecule has 1 saturated heterocycles. The molecule has 1 saturated carbocycles. The summed E-state index contributed by atoms with van der Waals surface area (Å²) in [6.45, 7) is 8.08. The van der Waals surface area contributed by atoms with Gasteiger partial charge in [-0.3, -0.25) is 14.5 Å². The van der Waals surface area contributed by atoms with Crippen LogP contribution in [0, 0.1) is 17.7 Å². The molecule has 1 aliphatic carbocycles. The molecule has 1 aliphatic heterocycles. The van der Waals surface area contributed by atoms with Crippen LogP contribution in [0.15, 0.2) is 18.2 Å². The van der Waals surface area contributed by atoms with E-state index in [0.717, 1.165) is 38.4 Å².